The van der Waals surface area contributed by atoms with Gasteiger partial charge in [0, 0.05) is 37.8 Å². The van der Waals surface area contributed by atoms with Gasteiger partial charge in [-0.3, -0.25) is 9.59 Å². The summed E-state index contributed by atoms with van der Waals surface area (Å²) in [7, 11) is 1.77. The standard InChI is InChI=1S/C22H24N4O2/c1-24(15-18-9-3-5-11-20(18)25-12-6-7-13-25)21(27)16-26-22(28)19-10-4-2-8-17(19)14-23-26/h2-5,8-11,14H,6-7,12-13,15-16H2,1H3. The molecule has 0 bridgehead atoms. The van der Waals surface area contributed by atoms with E-state index in [0.717, 1.165) is 24.0 Å². The second kappa shape index (κ2) is 7.84. The molecule has 28 heavy (non-hydrogen) atoms. The molecule has 3 aromatic rings. The van der Waals surface area contributed by atoms with Gasteiger partial charge in [-0.05, 0) is 30.5 Å². The number of para-hydroxylation sites is 1. The van der Waals surface area contributed by atoms with Crippen molar-refractivity contribution >= 4 is 22.4 Å². The Bertz CT molecular complexity index is 1050. The molecule has 0 radical (unpaired) electrons. The van der Waals surface area contributed by atoms with Crippen LogP contribution in [0.1, 0.15) is 18.4 Å². The molecule has 0 atom stereocenters. The SMILES string of the molecule is CN(Cc1ccccc1N1CCCC1)C(=O)Cn1ncc2ccccc2c1=O. The Morgan fingerprint density at radius 2 is 1.79 bits per heavy atom. The lowest BCUT2D eigenvalue weighted by molar-refractivity contribution is -0.131. The van der Waals surface area contributed by atoms with Crippen molar-refractivity contribution in [3.8, 4) is 0 Å². The van der Waals surface area contributed by atoms with Crippen molar-refractivity contribution in [1.82, 2.24) is 14.7 Å². The number of nitrogens with zero attached hydrogens (tertiary/aromatic N) is 4. The topological polar surface area (TPSA) is 58.4 Å². The van der Waals surface area contributed by atoms with Crippen molar-refractivity contribution in [3.63, 3.8) is 0 Å². The summed E-state index contributed by atoms with van der Waals surface area (Å²) in [5.41, 5.74) is 2.08. The van der Waals surface area contributed by atoms with E-state index in [1.54, 1.807) is 24.2 Å². The van der Waals surface area contributed by atoms with Crippen molar-refractivity contribution in [1.29, 1.82) is 0 Å². The van der Waals surface area contributed by atoms with Crippen LogP contribution in [-0.2, 0) is 17.9 Å². The number of carbonyl (C=O) groups is 1. The lowest BCUT2D eigenvalue weighted by atomic mass is 10.1. The van der Waals surface area contributed by atoms with Gasteiger partial charge in [0.15, 0.2) is 0 Å². The molecule has 1 saturated heterocycles. The Morgan fingerprint density at radius 3 is 2.61 bits per heavy atom. The fourth-order valence-electron chi connectivity index (χ4n) is 3.74. The third kappa shape index (κ3) is 3.63. The first-order valence-corrected chi connectivity index (χ1v) is 9.65. The van der Waals surface area contributed by atoms with E-state index < -0.39 is 0 Å². The van der Waals surface area contributed by atoms with E-state index in [1.807, 2.05) is 30.3 Å². The summed E-state index contributed by atoms with van der Waals surface area (Å²) in [4.78, 5) is 29.4. The number of likely N-dealkylation sites (N-methyl/N-ethyl adjacent to an activating group) is 1. The number of anilines is 1. The highest BCUT2D eigenvalue weighted by Crippen LogP contribution is 2.25. The van der Waals surface area contributed by atoms with Crippen LogP contribution < -0.4 is 10.5 Å². The minimum atomic E-state index is -0.239. The summed E-state index contributed by atoms with van der Waals surface area (Å²) >= 11 is 0. The Morgan fingerprint density at radius 1 is 1.07 bits per heavy atom. The van der Waals surface area contributed by atoms with Gasteiger partial charge in [-0.2, -0.15) is 5.10 Å². The monoisotopic (exact) mass is 376 g/mol. The van der Waals surface area contributed by atoms with Crippen LogP contribution in [0.5, 0.6) is 0 Å². The molecular weight excluding hydrogens is 352 g/mol. The zero-order chi connectivity index (χ0) is 19.5. The number of rotatable bonds is 5. The molecule has 6 nitrogen and oxygen atoms in total. The van der Waals surface area contributed by atoms with E-state index >= 15 is 0 Å². The average molecular weight is 376 g/mol. The summed E-state index contributed by atoms with van der Waals surface area (Å²) in [5.74, 6) is -0.138. The van der Waals surface area contributed by atoms with Crippen molar-refractivity contribution in [2.24, 2.45) is 0 Å². The van der Waals surface area contributed by atoms with Gasteiger partial charge in [0.25, 0.3) is 5.56 Å². The molecule has 1 amide bonds. The molecule has 2 heterocycles. The smallest absolute Gasteiger partial charge is 0.275 e. The second-order valence-corrected chi connectivity index (χ2v) is 7.27. The van der Waals surface area contributed by atoms with Crippen LogP contribution in [0.3, 0.4) is 0 Å². The second-order valence-electron chi connectivity index (χ2n) is 7.27. The lowest BCUT2D eigenvalue weighted by Gasteiger charge is -2.24. The van der Waals surface area contributed by atoms with Crippen molar-refractivity contribution in [2.75, 3.05) is 25.0 Å². The number of hydrogen-bond donors (Lipinski definition) is 0. The number of fused-ring (bicyclic) bond motifs is 1. The van der Waals surface area contributed by atoms with Crippen LogP contribution in [0.15, 0.2) is 59.5 Å². The number of amides is 1. The number of aromatic nitrogens is 2. The van der Waals surface area contributed by atoms with Crippen LogP contribution >= 0.6 is 0 Å². The minimum Gasteiger partial charge on any atom is -0.371 e. The molecule has 0 saturated carbocycles. The first kappa shape index (κ1) is 18.2. The van der Waals surface area contributed by atoms with E-state index in [2.05, 4.69) is 22.1 Å². The van der Waals surface area contributed by atoms with Crippen LogP contribution in [0.2, 0.25) is 0 Å². The van der Waals surface area contributed by atoms with Gasteiger partial charge in [-0.1, -0.05) is 36.4 Å². The minimum absolute atomic E-state index is 0.0634. The van der Waals surface area contributed by atoms with Crippen LogP contribution in [0, 0.1) is 0 Å². The quantitative estimate of drug-likeness (QED) is 0.687. The largest absolute Gasteiger partial charge is 0.371 e. The Hall–Kier alpha value is -3.15. The normalized spacial score (nSPS) is 13.8. The zero-order valence-electron chi connectivity index (χ0n) is 16.0. The van der Waals surface area contributed by atoms with E-state index in [-0.39, 0.29) is 18.0 Å². The van der Waals surface area contributed by atoms with Crippen LogP contribution in [0.4, 0.5) is 5.69 Å². The highest BCUT2D eigenvalue weighted by Gasteiger charge is 2.18. The predicted octanol–water partition coefficient (Wildman–Crippen LogP) is 2.66. The Kier molecular flexibility index (Phi) is 5.10. The molecule has 0 spiro atoms. The maximum Gasteiger partial charge on any atom is 0.275 e. The molecule has 4 rings (SSSR count). The predicted molar refractivity (Wildman–Crippen MR) is 110 cm³/mol. The summed E-state index contributed by atoms with van der Waals surface area (Å²) < 4.78 is 1.24. The Labute approximate surface area is 164 Å². The molecule has 0 N–H and O–H groups in total. The number of carbonyl (C=O) groups excluding carboxylic acids is 1. The van der Waals surface area contributed by atoms with Gasteiger partial charge in [0.2, 0.25) is 5.91 Å². The lowest BCUT2D eigenvalue weighted by Crippen LogP contribution is -2.35. The van der Waals surface area contributed by atoms with Crippen molar-refractivity contribution in [2.45, 2.75) is 25.9 Å². The maximum atomic E-state index is 12.8. The third-order valence-electron chi connectivity index (χ3n) is 5.32. The number of hydrogen-bond acceptors (Lipinski definition) is 4. The first-order valence-electron chi connectivity index (χ1n) is 9.65. The van der Waals surface area contributed by atoms with Gasteiger partial charge >= 0.3 is 0 Å². The fourth-order valence-corrected chi connectivity index (χ4v) is 3.74. The molecule has 1 fully saturated rings. The number of benzene rings is 2. The summed E-state index contributed by atoms with van der Waals surface area (Å²) in [6.45, 7) is 2.57. The van der Waals surface area contributed by atoms with Gasteiger partial charge in [-0.15, -0.1) is 0 Å². The highest BCUT2D eigenvalue weighted by molar-refractivity contribution is 5.81. The molecule has 6 heteroatoms. The molecular formula is C22H24N4O2. The molecule has 0 unspecified atom stereocenters. The fraction of sp³-hybridized carbons (Fsp3) is 0.318. The van der Waals surface area contributed by atoms with Crippen molar-refractivity contribution in [3.05, 3.63) is 70.6 Å². The van der Waals surface area contributed by atoms with E-state index in [1.165, 1.54) is 23.2 Å². The molecule has 2 aromatic carbocycles. The third-order valence-corrected chi connectivity index (χ3v) is 5.32. The average Bonchev–Trinajstić information content (AvgIpc) is 3.25. The van der Waals surface area contributed by atoms with Crippen molar-refractivity contribution < 1.29 is 4.79 Å². The van der Waals surface area contributed by atoms with Gasteiger partial charge in [-0.25, -0.2) is 4.68 Å². The van der Waals surface area contributed by atoms with E-state index in [4.69, 9.17) is 0 Å². The highest BCUT2D eigenvalue weighted by atomic mass is 16.2. The maximum absolute atomic E-state index is 12.8. The molecule has 1 aromatic heterocycles. The summed E-state index contributed by atoms with van der Waals surface area (Å²) in [6.07, 6.45) is 4.05. The molecule has 1 aliphatic heterocycles. The Balaban J connectivity index is 1.51. The summed E-state index contributed by atoms with van der Waals surface area (Å²) in [6, 6.07) is 15.5. The van der Waals surface area contributed by atoms with E-state index in [9.17, 15) is 9.59 Å². The molecule has 144 valence electrons. The summed E-state index contributed by atoms with van der Waals surface area (Å²) in [5, 5.41) is 5.52. The van der Waals surface area contributed by atoms with Gasteiger partial charge in [0.05, 0.1) is 11.6 Å². The first-order chi connectivity index (χ1) is 13.6. The zero-order valence-corrected chi connectivity index (χ0v) is 16.0. The molecule has 0 aliphatic carbocycles. The van der Waals surface area contributed by atoms with Gasteiger partial charge < -0.3 is 9.80 Å². The molecule has 1 aliphatic rings. The van der Waals surface area contributed by atoms with Crippen LogP contribution in [-0.4, -0.2) is 40.7 Å². The van der Waals surface area contributed by atoms with E-state index in [0.29, 0.717) is 11.9 Å². The van der Waals surface area contributed by atoms with Gasteiger partial charge in [0.1, 0.15) is 6.54 Å². The van der Waals surface area contributed by atoms with Crippen LogP contribution in [0.25, 0.3) is 10.8 Å².